The van der Waals surface area contributed by atoms with Crippen molar-refractivity contribution in [1.82, 2.24) is 19.6 Å². The van der Waals surface area contributed by atoms with E-state index < -0.39 is 11.7 Å². The number of aromatic nitrogens is 2. The zero-order valence-corrected chi connectivity index (χ0v) is 23.7. The monoisotopic (exact) mass is 574 g/mol. The van der Waals surface area contributed by atoms with Crippen LogP contribution >= 0.6 is 0 Å². The van der Waals surface area contributed by atoms with Crippen molar-refractivity contribution in [1.29, 1.82) is 0 Å². The van der Waals surface area contributed by atoms with Gasteiger partial charge in [0.15, 0.2) is 0 Å². The Bertz CT molecular complexity index is 1280. The van der Waals surface area contributed by atoms with E-state index in [0.717, 1.165) is 25.7 Å². The van der Waals surface area contributed by atoms with Crippen LogP contribution in [-0.2, 0) is 22.3 Å². The second-order valence-corrected chi connectivity index (χ2v) is 12.1. The Kier molecular flexibility index (Phi) is 7.25. The number of rotatable bonds is 5. The van der Waals surface area contributed by atoms with Gasteiger partial charge in [-0.05, 0) is 62.3 Å². The number of morpholine rings is 1. The van der Waals surface area contributed by atoms with E-state index in [1.165, 1.54) is 28.8 Å². The molecule has 2 aromatic rings. The number of hydrogen-bond acceptors (Lipinski definition) is 6. The molecule has 12 heteroatoms. The number of amides is 2. The smallest absolute Gasteiger partial charge is 0.377 e. The Labute approximate surface area is 237 Å². The zero-order valence-electron chi connectivity index (χ0n) is 23.7. The Morgan fingerprint density at radius 1 is 1.07 bits per heavy atom. The number of halogens is 3. The van der Waals surface area contributed by atoms with E-state index in [-0.39, 0.29) is 36.6 Å². The number of hydrogen-bond donors (Lipinski definition) is 0. The van der Waals surface area contributed by atoms with Crippen molar-refractivity contribution in [2.24, 2.45) is 11.8 Å². The van der Waals surface area contributed by atoms with E-state index in [9.17, 15) is 22.8 Å². The SMILES string of the molecule is CC(=O)N(C)c1cnn(C(=O)N2CC3CC(N(C)Cc4ccc(N5[C@H]6CC[C@H]5COC6)cc4C(F)(F)F)CC3C2)c1. The highest BCUT2D eigenvalue weighted by molar-refractivity contribution is 5.91. The molecular weight excluding hydrogens is 537 g/mol. The standard InChI is InChI=1S/C29H37F3N6O3/c1-18(39)35(3)26-11-33-37(15-26)28(40)36-13-20-8-25(9-21(20)14-36)34(2)12-19-4-5-22(10-27(19)29(30,31)32)38-23-6-7-24(38)17-41-16-23/h4-5,10-11,15,20-21,23-25H,6-9,12-14,16-17H2,1-3H3/t20?,21?,23-,24-,25?/m0/s1. The first-order chi connectivity index (χ1) is 19.5. The van der Waals surface area contributed by atoms with Gasteiger partial charge in [-0.2, -0.15) is 23.0 Å². The Balaban J connectivity index is 1.09. The predicted octanol–water partition coefficient (Wildman–Crippen LogP) is 4.06. The van der Waals surface area contributed by atoms with Crippen LogP contribution in [0.1, 0.15) is 43.7 Å². The minimum Gasteiger partial charge on any atom is -0.377 e. The molecule has 4 atom stereocenters. The fourth-order valence-corrected chi connectivity index (χ4v) is 7.28. The number of alkyl halides is 3. The fourth-order valence-electron chi connectivity index (χ4n) is 7.28. The molecule has 6 rings (SSSR count). The summed E-state index contributed by atoms with van der Waals surface area (Å²) in [5.74, 6) is 0.440. The van der Waals surface area contributed by atoms with Crippen LogP contribution in [0.4, 0.5) is 29.3 Å². The molecular formula is C29H37F3N6O3. The summed E-state index contributed by atoms with van der Waals surface area (Å²) in [5, 5.41) is 4.15. The average Bonchev–Trinajstić information content (AvgIpc) is 3.69. The van der Waals surface area contributed by atoms with Gasteiger partial charge in [-0.15, -0.1) is 0 Å². The first-order valence-electron chi connectivity index (χ1n) is 14.3. The lowest BCUT2D eigenvalue weighted by molar-refractivity contribution is -0.138. The molecule has 4 aliphatic rings. The van der Waals surface area contributed by atoms with Crippen LogP contribution in [0.3, 0.4) is 0 Å². The maximum atomic E-state index is 14.2. The molecule has 0 N–H and O–H groups in total. The van der Waals surface area contributed by atoms with Gasteiger partial charge in [0.1, 0.15) is 0 Å². The van der Waals surface area contributed by atoms with E-state index >= 15 is 0 Å². The number of benzene rings is 1. The topological polar surface area (TPSA) is 74.2 Å². The highest BCUT2D eigenvalue weighted by Gasteiger charge is 2.45. The Morgan fingerprint density at radius 3 is 2.34 bits per heavy atom. The second-order valence-electron chi connectivity index (χ2n) is 12.1. The van der Waals surface area contributed by atoms with Crippen molar-refractivity contribution in [2.45, 2.75) is 63.5 Å². The lowest BCUT2D eigenvalue weighted by Gasteiger charge is -2.37. The quantitative estimate of drug-likeness (QED) is 0.537. The molecule has 222 valence electrons. The molecule has 1 aliphatic carbocycles. The highest BCUT2D eigenvalue weighted by Crippen LogP contribution is 2.42. The molecule has 2 unspecified atom stereocenters. The number of carbonyl (C=O) groups is 2. The van der Waals surface area contributed by atoms with Gasteiger partial charge in [-0.25, -0.2) is 4.79 Å². The molecule has 2 bridgehead atoms. The van der Waals surface area contributed by atoms with Gasteiger partial charge in [-0.3, -0.25) is 9.69 Å². The first-order valence-corrected chi connectivity index (χ1v) is 14.3. The Hall–Kier alpha value is -3.12. The van der Waals surface area contributed by atoms with Gasteiger partial charge >= 0.3 is 12.2 Å². The third kappa shape index (κ3) is 5.31. The van der Waals surface area contributed by atoms with E-state index in [4.69, 9.17) is 4.74 Å². The van der Waals surface area contributed by atoms with Crippen molar-refractivity contribution in [3.05, 3.63) is 41.7 Å². The van der Waals surface area contributed by atoms with E-state index in [1.54, 1.807) is 24.2 Å². The summed E-state index contributed by atoms with van der Waals surface area (Å²) in [6.45, 7) is 3.98. The summed E-state index contributed by atoms with van der Waals surface area (Å²) in [6, 6.07) is 5.05. The minimum atomic E-state index is -4.43. The molecule has 3 saturated heterocycles. The van der Waals surface area contributed by atoms with Crippen LogP contribution in [0.5, 0.6) is 0 Å². The van der Waals surface area contributed by atoms with Crippen LogP contribution in [0.2, 0.25) is 0 Å². The summed E-state index contributed by atoms with van der Waals surface area (Å²) in [4.78, 5) is 32.1. The number of nitrogens with zero attached hydrogens (tertiary/aromatic N) is 6. The lowest BCUT2D eigenvalue weighted by Crippen LogP contribution is -2.46. The van der Waals surface area contributed by atoms with Crippen molar-refractivity contribution in [3.8, 4) is 0 Å². The third-order valence-corrected chi connectivity index (χ3v) is 9.60. The van der Waals surface area contributed by atoms with Gasteiger partial charge in [0.2, 0.25) is 5.91 Å². The van der Waals surface area contributed by atoms with Crippen LogP contribution in [0.15, 0.2) is 30.6 Å². The summed E-state index contributed by atoms with van der Waals surface area (Å²) < 4.78 is 49.6. The molecule has 1 aromatic carbocycles. The van der Waals surface area contributed by atoms with Crippen LogP contribution in [0, 0.1) is 11.8 Å². The predicted molar refractivity (Wildman–Crippen MR) is 147 cm³/mol. The Morgan fingerprint density at radius 2 is 1.73 bits per heavy atom. The van der Waals surface area contributed by atoms with Crippen molar-refractivity contribution in [3.63, 3.8) is 0 Å². The summed E-state index contributed by atoms with van der Waals surface area (Å²) in [6.07, 6.45) is 2.18. The molecule has 41 heavy (non-hydrogen) atoms. The zero-order chi connectivity index (χ0) is 29.1. The molecule has 0 spiro atoms. The van der Waals surface area contributed by atoms with E-state index in [0.29, 0.717) is 55.1 Å². The average molecular weight is 575 g/mol. The van der Waals surface area contributed by atoms with Gasteiger partial charge in [-0.1, -0.05) is 6.07 Å². The summed E-state index contributed by atoms with van der Waals surface area (Å²) in [5.41, 5.74) is 0.923. The summed E-state index contributed by atoms with van der Waals surface area (Å²) in [7, 11) is 3.53. The van der Waals surface area contributed by atoms with Crippen LogP contribution in [-0.4, -0.2) is 90.0 Å². The normalized spacial score (nSPS) is 27.5. The third-order valence-electron chi connectivity index (χ3n) is 9.60. The van der Waals surface area contributed by atoms with Gasteiger partial charge < -0.3 is 19.4 Å². The molecule has 3 aliphatic heterocycles. The van der Waals surface area contributed by atoms with Crippen molar-refractivity contribution < 1.29 is 27.5 Å². The van der Waals surface area contributed by atoms with Crippen molar-refractivity contribution in [2.75, 3.05) is 50.2 Å². The highest BCUT2D eigenvalue weighted by atomic mass is 19.4. The van der Waals surface area contributed by atoms with Gasteiger partial charge in [0.25, 0.3) is 0 Å². The lowest BCUT2D eigenvalue weighted by atomic mass is 10.0. The number of likely N-dealkylation sites (tertiary alicyclic amines) is 1. The maximum absolute atomic E-state index is 14.2. The number of anilines is 2. The maximum Gasteiger partial charge on any atom is 0.416 e. The second kappa shape index (κ2) is 10.6. The van der Waals surface area contributed by atoms with Crippen LogP contribution < -0.4 is 9.80 Å². The first kappa shape index (κ1) is 28.0. The molecule has 4 fully saturated rings. The minimum absolute atomic E-state index is 0.143. The van der Waals surface area contributed by atoms with E-state index in [1.807, 2.05) is 18.0 Å². The molecule has 1 aromatic heterocycles. The largest absolute Gasteiger partial charge is 0.416 e. The van der Waals surface area contributed by atoms with Gasteiger partial charge in [0, 0.05) is 45.3 Å². The molecule has 9 nitrogen and oxygen atoms in total. The molecule has 4 heterocycles. The molecule has 0 radical (unpaired) electrons. The number of carbonyl (C=O) groups excluding carboxylic acids is 2. The van der Waals surface area contributed by atoms with E-state index in [2.05, 4.69) is 10.00 Å². The van der Waals surface area contributed by atoms with Gasteiger partial charge in [0.05, 0.1) is 48.9 Å². The number of fused-ring (bicyclic) bond motifs is 3. The van der Waals surface area contributed by atoms with Crippen LogP contribution in [0.25, 0.3) is 0 Å². The number of ether oxygens (including phenoxy) is 1. The molecule has 2 amide bonds. The fraction of sp³-hybridized carbons (Fsp3) is 0.621. The molecule has 1 saturated carbocycles. The summed E-state index contributed by atoms with van der Waals surface area (Å²) >= 11 is 0. The van der Waals surface area contributed by atoms with Crippen molar-refractivity contribution >= 4 is 23.3 Å².